The summed E-state index contributed by atoms with van der Waals surface area (Å²) in [6, 6.07) is 7.90. The lowest BCUT2D eigenvalue weighted by Gasteiger charge is -2.33. The first kappa shape index (κ1) is 17.2. The van der Waals surface area contributed by atoms with Crippen LogP contribution < -0.4 is 4.74 Å². The van der Waals surface area contributed by atoms with Crippen molar-refractivity contribution >= 4 is 11.7 Å². The van der Waals surface area contributed by atoms with Gasteiger partial charge in [-0.1, -0.05) is 0 Å². The summed E-state index contributed by atoms with van der Waals surface area (Å²) in [5, 5.41) is 4.34. The summed E-state index contributed by atoms with van der Waals surface area (Å²) in [6.07, 6.45) is 5.51. The van der Waals surface area contributed by atoms with E-state index in [1.807, 2.05) is 34.5 Å². The van der Waals surface area contributed by atoms with Crippen LogP contribution in [-0.4, -0.2) is 50.1 Å². The van der Waals surface area contributed by atoms with Crippen LogP contribution in [0.4, 0.5) is 0 Å². The van der Waals surface area contributed by atoms with Crippen molar-refractivity contribution in [3.8, 4) is 5.75 Å². The highest BCUT2D eigenvalue weighted by Crippen LogP contribution is 2.30. The number of hydrogen-bond acceptors (Lipinski definition) is 5. The summed E-state index contributed by atoms with van der Waals surface area (Å²) < 4.78 is 7.48. The van der Waals surface area contributed by atoms with Crippen LogP contribution in [0.15, 0.2) is 30.6 Å². The molecule has 0 radical (unpaired) electrons. The van der Waals surface area contributed by atoms with E-state index in [1.165, 1.54) is 6.33 Å². The summed E-state index contributed by atoms with van der Waals surface area (Å²) in [5.74, 6) is 1.86. The summed E-state index contributed by atoms with van der Waals surface area (Å²) in [4.78, 5) is 23.8. The van der Waals surface area contributed by atoms with Gasteiger partial charge in [-0.05, 0) is 62.4 Å². The third-order valence-corrected chi connectivity index (χ3v) is 5.69. The Hall–Kier alpha value is -2.96. The molecule has 144 valence electrons. The molecule has 2 aromatic heterocycles. The van der Waals surface area contributed by atoms with Gasteiger partial charge in [-0.3, -0.25) is 4.79 Å². The van der Waals surface area contributed by atoms with Crippen LogP contribution in [0, 0.1) is 6.92 Å². The first-order valence-electron chi connectivity index (χ1n) is 9.91. The number of carbonyl (C=O) groups is 1. The fourth-order valence-electron chi connectivity index (χ4n) is 4.33. The Morgan fingerprint density at radius 2 is 2.18 bits per heavy atom. The lowest BCUT2D eigenvalue weighted by atomic mass is 9.93. The molecule has 1 saturated heterocycles. The maximum Gasteiger partial charge on any atom is 0.253 e. The Kier molecular flexibility index (Phi) is 4.22. The molecule has 0 saturated carbocycles. The van der Waals surface area contributed by atoms with E-state index in [9.17, 15) is 4.79 Å². The zero-order valence-electron chi connectivity index (χ0n) is 16.0. The monoisotopic (exact) mass is 377 g/mol. The third-order valence-electron chi connectivity index (χ3n) is 5.69. The van der Waals surface area contributed by atoms with Gasteiger partial charge in [0.1, 0.15) is 12.1 Å². The second-order valence-corrected chi connectivity index (χ2v) is 7.66. The van der Waals surface area contributed by atoms with Gasteiger partial charge < -0.3 is 9.64 Å². The van der Waals surface area contributed by atoms with Crippen molar-refractivity contribution in [3.05, 3.63) is 53.1 Å². The molecule has 0 bridgehead atoms. The molecule has 1 atom stereocenters. The van der Waals surface area contributed by atoms with Crippen molar-refractivity contribution in [2.45, 2.75) is 38.5 Å². The predicted octanol–water partition coefficient (Wildman–Crippen LogP) is 2.78. The van der Waals surface area contributed by atoms with Crippen LogP contribution in [0.3, 0.4) is 0 Å². The van der Waals surface area contributed by atoms with Gasteiger partial charge >= 0.3 is 0 Å². The molecule has 0 aliphatic carbocycles. The molecule has 7 heteroatoms. The first-order valence-corrected chi connectivity index (χ1v) is 9.91. The standard InChI is InChI=1S/C21H23N5O2/c1-14-10-18(26-21(24-14)22-13-23-26)17-4-2-8-25(12-17)20(27)16-6-7-19-15(11-16)5-3-9-28-19/h6-7,10-11,13,17H,2-5,8-9,12H2,1H3. The Morgan fingerprint density at radius 3 is 3.11 bits per heavy atom. The molecular weight excluding hydrogens is 354 g/mol. The lowest BCUT2D eigenvalue weighted by molar-refractivity contribution is 0.0705. The quantitative estimate of drug-likeness (QED) is 0.687. The number of amides is 1. The van der Waals surface area contributed by atoms with E-state index >= 15 is 0 Å². The molecule has 0 N–H and O–H groups in total. The Labute approximate surface area is 163 Å². The average Bonchev–Trinajstić information content (AvgIpc) is 3.20. The average molecular weight is 377 g/mol. The summed E-state index contributed by atoms with van der Waals surface area (Å²) in [5.41, 5.74) is 3.89. The van der Waals surface area contributed by atoms with Crippen LogP contribution in [-0.2, 0) is 6.42 Å². The first-order chi connectivity index (χ1) is 13.7. The molecule has 5 rings (SSSR count). The second-order valence-electron chi connectivity index (χ2n) is 7.66. The van der Waals surface area contributed by atoms with Crippen molar-refractivity contribution < 1.29 is 9.53 Å². The van der Waals surface area contributed by atoms with Crippen LogP contribution in [0.2, 0.25) is 0 Å². The highest BCUT2D eigenvalue weighted by molar-refractivity contribution is 5.94. The van der Waals surface area contributed by atoms with Crippen molar-refractivity contribution in [2.24, 2.45) is 0 Å². The number of fused-ring (bicyclic) bond motifs is 2. The van der Waals surface area contributed by atoms with Crippen LogP contribution in [0.1, 0.15) is 52.5 Å². The molecule has 7 nitrogen and oxygen atoms in total. The van der Waals surface area contributed by atoms with E-state index in [-0.39, 0.29) is 11.8 Å². The van der Waals surface area contributed by atoms with E-state index in [1.54, 1.807) is 0 Å². The molecule has 4 heterocycles. The van der Waals surface area contributed by atoms with Crippen molar-refractivity contribution in [1.82, 2.24) is 24.5 Å². The number of aryl methyl sites for hydroxylation is 2. The molecule has 1 amide bonds. The third kappa shape index (κ3) is 3.00. The second kappa shape index (κ2) is 6.89. The Bertz CT molecular complexity index is 1040. The Balaban J connectivity index is 1.41. The minimum Gasteiger partial charge on any atom is -0.493 e. The summed E-state index contributed by atoms with van der Waals surface area (Å²) in [7, 11) is 0. The number of rotatable bonds is 2. The maximum absolute atomic E-state index is 13.2. The molecule has 1 fully saturated rings. The van der Waals surface area contributed by atoms with Gasteiger partial charge in [0.05, 0.1) is 12.3 Å². The molecule has 28 heavy (non-hydrogen) atoms. The van der Waals surface area contributed by atoms with Crippen LogP contribution >= 0.6 is 0 Å². The summed E-state index contributed by atoms with van der Waals surface area (Å²) >= 11 is 0. The number of aromatic nitrogens is 4. The number of piperidine rings is 1. The van der Waals surface area contributed by atoms with E-state index < -0.39 is 0 Å². The number of nitrogens with zero attached hydrogens (tertiary/aromatic N) is 5. The fourth-order valence-corrected chi connectivity index (χ4v) is 4.33. The SMILES string of the molecule is Cc1cc(C2CCCN(C(=O)c3ccc4c(c3)CCCO4)C2)n2ncnc2n1. The Morgan fingerprint density at radius 1 is 1.25 bits per heavy atom. The fraction of sp³-hybridized carbons (Fsp3) is 0.429. The van der Waals surface area contributed by atoms with Crippen LogP contribution in [0.5, 0.6) is 5.75 Å². The van der Waals surface area contributed by atoms with E-state index in [0.717, 1.165) is 67.1 Å². The maximum atomic E-state index is 13.2. The highest BCUT2D eigenvalue weighted by atomic mass is 16.5. The van der Waals surface area contributed by atoms with E-state index in [0.29, 0.717) is 12.3 Å². The van der Waals surface area contributed by atoms with Gasteiger partial charge in [-0.15, -0.1) is 0 Å². The zero-order chi connectivity index (χ0) is 19.1. The molecule has 0 spiro atoms. The minimum atomic E-state index is 0.0960. The molecule has 2 aliphatic heterocycles. The van der Waals surface area contributed by atoms with Gasteiger partial charge in [0.2, 0.25) is 0 Å². The minimum absolute atomic E-state index is 0.0960. The zero-order valence-corrected chi connectivity index (χ0v) is 16.0. The lowest BCUT2D eigenvalue weighted by Crippen LogP contribution is -2.39. The van der Waals surface area contributed by atoms with E-state index in [2.05, 4.69) is 21.1 Å². The van der Waals surface area contributed by atoms with Gasteiger partial charge in [-0.25, -0.2) is 9.50 Å². The number of benzene rings is 1. The number of hydrogen-bond donors (Lipinski definition) is 0. The topological polar surface area (TPSA) is 72.6 Å². The summed E-state index contributed by atoms with van der Waals surface area (Å²) in [6.45, 7) is 4.20. The van der Waals surface area contributed by atoms with E-state index in [4.69, 9.17) is 4.74 Å². The molecule has 1 unspecified atom stereocenters. The normalized spacial score (nSPS) is 19.3. The van der Waals surface area contributed by atoms with Crippen molar-refractivity contribution in [2.75, 3.05) is 19.7 Å². The van der Waals surface area contributed by atoms with Gasteiger partial charge in [0, 0.05) is 30.3 Å². The largest absolute Gasteiger partial charge is 0.493 e. The smallest absolute Gasteiger partial charge is 0.253 e. The van der Waals surface area contributed by atoms with Crippen molar-refractivity contribution in [1.29, 1.82) is 0 Å². The molecule has 1 aromatic carbocycles. The number of carbonyl (C=O) groups excluding carboxylic acids is 1. The molecule has 2 aliphatic rings. The van der Waals surface area contributed by atoms with Crippen LogP contribution in [0.25, 0.3) is 5.78 Å². The molecular formula is C21H23N5O2. The molecule has 3 aromatic rings. The number of likely N-dealkylation sites (tertiary alicyclic amines) is 1. The van der Waals surface area contributed by atoms with Gasteiger partial charge in [-0.2, -0.15) is 10.1 Å². The van der Waals surface area contributed by atoms with Gasteiger partial charge in [0.25, 0.3) is 11.7 Å². The predicted molar refractivity (Wildman–Crippen MR) is 104 cm³/mol. The highest BCUT2D eigenvalue weighted by Gasteiger charge is 2.28. The number of ether oxygens (including phenoxy) is 1. The van der Waals surface area contributed by atoms with Crippen molar-refractivity contribution in [3.63, 3.8) is 0 Å². The van der Waals surface area contributed by atoms with Gasteiger partial charge in [0.15, 0.2) is 0 Å².